The molecule has 27 heavy (non-hydrogen) atoms. The molecule has 1 aromatic carbocycles. The van der Waals surface area contributed by atoms with Crippen LogP contribution in [0.15, 0.2) is 18.2 Å². The van der Waals surface area contributed by atoms with Gasteiger partial charge in [0.1, 0.15) is 0 Å². The molecule has 0 radical (unpaired) electrons. The predicted octanol–water partition coefficient (Wildman–Crippen LogP) is 8.60. The zero-order valence-electron chi connectivity index (χ0n) is 17.7. The second kappa shape index (κ2) is 17.2. The summed E-state index contributed by atoms with van der Waals surface area (Å²) >= 11 is 6.33. The number of ether oxygens (including phenoxy) is 2. The van der Waals surface area contributed by atoms with Gasteiger partial charge in [0.15, 0.2) is 11.5 Å². The first-order valence-electron chi connectivity index (χ1n) is 11.3. The lowest BCUT2D eigenvalue weighted by Gasteiger charge is -2.14. The molecule has 1 rings (SSSR count). The summed E-state index contributed by atoms with van der Waals surface area (Å²) in [6.45, 7) is 5.96. The molecule has 0 saturated heterocycles. The maximum atomic E-state index is 6.33. The van der Waals surface area contributed by atoms with Crippen LogP contribution in [0.3, 0.4) is 0 Å². The van der Waals surface area contributed by atoms with E-state index in [9.17, 15) is 0 Å². The van der Waals surface area contributed by atoms with Gasteiger partial charge in [-0.15, -0.1) is 0 Å². The van der Waals surface area contributed by atoms with Crippen LogP contribution in [0.1, 0.15) is 104 Å². The summed E-state index contributed by atoms with van der Waals surface area (Å²) in [5.41, 5.74) is 0. The van der Waals surface area contributed by atoms with Crippen LogP contribution in [0.25, 0.3) is 0 Å². The van der Waals surface area contributed by atoms with Gasteiger partial charge in [0, 0.05) is 0 Å². The number of para-hydroxylation sites is 1. The lowest BCUT2D eigenvalue weighted by atomic mass is 10.1. The molecule has 0 aliphatic carbocycles. The lowest BCUT2D eigenvalue weighted by molar-refractivity contribution is 0.258. The van der Waals surface area contributed by atoms with E-state index in [4.69, 9.17) is 21.1 Å². The van der Waals surface area contributed by atoms with Crippen molar-refractivity contribution in [2.75, 3.05) is 13.2 Å². The number of rotatable bonds is 18. The van der Waals surface area contributed by atoms with Crippen LogP contribution in [0.4, 0.5) is 0 Å². The van der Waals surface area contributed by atoms with E-state index in [1.807, 2.05) is 18.2 Å². The van der Waals surface area contributed by atoms with E-state index in [1.165, 1.54) is 77.0 Å². The Labute approximate surface area is 173 Å². The van der Waals surface area contributed by atoms with Gasteiger partial charge in [0.2, 0.25) is 0 Å². The minimum absolute atomic E-state index is 0.648. The Morgan fingerprint density at radius 2 is 1.11 bits per heavy atom. The third kappa shape index (κ3) is 12.2. The van der Waals surface area contributed by atoms with E-state index < -0.39 is 0 Å². The van der Waals surface area contributed by atoms with E-state index in [0.29, 0.717) is 17.4 Å². The molecule has 0 heterocycles. The number of benzene rings is 1. The molecule has 0 amide bonds. The van der Waals surface area contributed by atoms with E-state index in [1.54, 1.807) is 0 Å². The minimum Gasteiger partial charge on any atom is -0.490 e. The number of halogens is 1. The van der Waals surface area contributed by atoms with Crippen LogP contribution < -0.4 is 9.47 Å². The normalized spacial score (nSPS) is 10.9. The molecule has 156 valence electrons. The van der Waals surface area contributed by atoms with Crippen LogP contribution in [-0.4, -0.2) is 13.2 Å². The molecule has 3 heteroatoms. The Bertz CT molecular complexity index is 462. The first-order chi connectivity index (χ1) is 13.3. The van der Waals surface area contributed by atoms with Gasteiger partial charge in [-0.25, -0.2) is 0 Å². The SMILES string of the molecule is CCCCCCCCCOc1cccc(Cl)c1OCCCCCCCCC. The molecule has 1 aromatic rings. The van der Waals surface area contributed by atoms with Gasteiger partial charge in [-0.3, -0.25) is 0 Å². The predicted molar refractivity (Wildman–Crippen MR) is 118 cm³/mol. The fourth-order valence-electron chi connectivity index (χ4n) is 3.22. The number of unbranched alkanes of at least 4 members (excludes halogenated alkanes) is 12. The van der Waals surface area contributed by atoms with Crippen molar-refractivity contribution in [3.05, 3.63) is 23.2 Å². The third-order valence-corrected chi connectivity index (χ3v) is 5.23. The summed E-state index contributed by atoms with van der Waals surface area (Å²) in [5.74, 6) is 1.50. The summed E-state index contributed by atoms with van der Waals surface area (Å²) in [7, 11) is 0. The zero-order chi connectivity index (χ0) is 19.6. The molecule has 0 aliphatic heterocycles. The highest BCUT2D eigenvalue weighted by molar-refractivity contribution is 6.32. The quantitative estimate of drug-likeness (QED) is 0.231. The van der Waals surface area contributed by atoms with Gasteiger partial charge in [0.25, 0.3) is 0 Å². The van der Waals surface area contributed by atoms with Crippen molar-refractivity contribution in [1.29, 1.82) is 0 Å². The molecule has 0 bridgehead atoms. The van der Waals surface area contributed by atoms with Gasteiger partial charge in [-0.1, -0.05) is 109 Å². The Kier molecular flexibility index (Phi) is 15.4. The average molecular weight is 397 g/mol. The van der Waals surface area contributed by atoms with Crippen LogP contribution in [-0.2, 0) is 0 Å². The smallest absolute Gasteiger partial charge is 0.179 e. The van der Waals surface area contributed by atoms with E-state index >= 15 is 0 Å². The molecule has 0 N–H and O–H groups in total. The summed E-state index contributed by atoms with van der Waals surface area (Å²) in [6, 6.07) is 5.78. The molecule has 0 aromatic heterocycles. The third-order valence-electron chi connectivity index (χ3n) is 4.93. The Morgan fingerprint density at radius 3 is 1.67 bits per heavy atom. The maximum absolute atomic E-state index is 6.33. The van der Waals surface area contributed by atoms with Crippen molar-refractivity contribution in [2.24, 2.45) is 0 Å². The lowest BCUT2D eigenvalue weighted by Crippen LogP contribution is -2.03. The second-order valence-electron chi connectivity index (χ2n) is 7.51. The fraction of sp³-hybridized carbons (Fsp3) is 0.750. The largest absolute Gasteiger partial charge is 0.490 e. The van der Waals surface area contributed by atoms with Crippen LogP contribution >= 0.6 is 11.6 Å². The summed E-state index contributed by atoms with van der Waals surface area (Å²) in [4.78, 5) is 0. The summed E-state index contributed by atoms with van der Waals surface area (Å²) in [5, 5.41) is 0.648. The van der Waals surface area contributed by atoms with Gasteiger partial charge < -0.3 is 9.47 Å². The van der Waals surface area contributed by atoms with Crippen molar-refractivity contribution < 1.29 is 9.47 Å². The summed E-state index contributed by atoms with van der Waals surface area (Å²) < 4.78 is 11.9. The van der Waals surface area contributed by atoms with Gasteiger partial charge in [-0.2, -0.15) is 0 Å². The topological polar surface area (TPSA) is 18.5 Å². The summed E-state index contributed by atoms with van der Waals surface area (Å²) in [6.07, 6.45) is 18.0. The molecular weight excluding hydrogens is 356 g/mol. The highest BCUT2D eigenvalue weighted by atomic mass is 35.5. The molecule has 0 atom stereocenters. The highest BCUT2D eigenvalue weighted by Gasteiger charge is 2.09. The standard InChI is InChI=1S/C24H41ClO2/c1-3-5-7-9-11-13-15-20-26-23-19-17-18-22(25)24(23)27-21-16-14-12-10-8-6-4-2/h17-19H,3-16,20-21H2,1-2H3. The van der Waals surface area contributed by atoms with Crippen molar-refractivity contribution in [3.8, 4) is 11.5 Å². The minimum atomic E-state index is 0.648. The van der Waals surface area contributed by atoms with Crippen LogP contribution in [0, 0.1) is 0 Å². The fourth-order valence-corrected chi connectivity index (χ4v) is 3.44. The van der Waals surface area contributed by atoms with E-state index in [0.717, 1.165) is 25.2 Å². The van der Waals surface area contributed by atoms with E-state index in [2.05, 4.69) is 13.8 Å². The highest BCUT2D eigenvalue weighted by Crippen LogP contribution is 2.35. The van der Waals surface area contributed by atoms with Crippen molar-refractivity contribution >= 4 is 11.6 Å². The molecule has 0 unspecified atom stereocenters. The number of hydrogen-bond acceptors (Lipinski definition) is 2. The molecule has 0 aliphatic rings. The molecule has 0 fully saturated rings. The Morgan fingerprint density at radius 1 is 0.630 bits per heavy atom. The molecule has 0 saturated carbocycles. The van der Waals surface area contributed by atoms with Crippen molar-refractivity contribution in [1.82, 2.24) is 0 Å². The zero-order valence-corrected chi connectivity index (χ0v) is 18.5. The maximum Gasteiger partial charge on any atom is 0.179 e. The van der Waals surface area contributed by atoms with Crippen molar-refractivity contribution in [3.63, 3.8) is 0 Å². The van der Waals surface area contributed by atoms with Gasteiger partial charge >= 0.3 is 0 Å². The average Bonchev–Trinajstić information content (AvgIpc) is 2.67. The van der Waals surface area contributed by atoms with Crippen LogP contribution in [0.5, 0.6) is 11.5 Å². The second-order valence-corrected chi connectivity index (χ2v) is 7.91. The molecule has 0 spiro atoms. The van der Waals surface area contributed by atoms with Crippen LogP contribution in [0.2, 0.25) is 5.02 Å². The Hall–Kier alpha value is -0.890. The Balaban J connectivity index is 2.21. The van der Waals surface area contributed by atoms with Crippen molar-refractivity contribution in [2.45, 2.75) is 104 Å². The monoisotopic (exact) mass is 396 g/mol. The van der Waals surface area contributed by atoms with E-state index in [-0.39, 0.29) is 0 Å². The van der Waals surface area contributed by atoms with Gasteiger partial charge in [-0.05, 0) is 25.0 Å². The van der Waals surface area contributed by atoms with Gasteiger partial charge in [0.05, 0.1) is 18.2 Å². The molecule has 2 nitrogen and oxygen atoms in total. The molecular formula is C24H41ClO2. The number of hydrogen-bond donors (Lipinski definition) is 0. The first kappa shape index (κ1) is 24.1. The first-order valence-corrected chi connectivity index (χ1v) is 11.7.